The number of fused-ring (bicyclic) bond motifs is 1. The fourth-order valence-electron chi connectivity index (χ4n) is 2.78. The van der Waals surface area contributed by atoms with Gasteiger partial charge in [-0.2, -0.15) is 0 Å². The van der Waals surface area contributed by atoms with Gasteiger partial charge in [-0.25, -0.2) is 13.1 Å². The average Bonchev–Trinajstić information content (AvgIpc) is 2.49. The Morgan fingerprint density at radius 3 is 2.95 bits per heavy atom. The molecule has 2 atom stereocenters. The number of rotatable bonds is 3. The third-order valence-electron chi connectivity index (χ3n) is 3.96. The zero-order valence-corrected chi connectivity index (χ0v) is 12.7. The quantitative estimate of drug-likeness (QED) is 0.904. The Kier molecular flexibility index (Phi) is 3.93. The predicted molar refractivity (Wildman–Crippen MR) is 82.6 cm³/mol. The average molecular weight is 305 g/mol. The SMILES string of the molecule is CC1NCCCC1NS(=O)(=O)c1cccc2ncccc12. The Labute approximate surface area is 124 Å². The molecule has 1 fully saturated rings. The van der Waals surface area contributed by atoms with Gasteiger partial charge in [0.2, 0.25) is 10.0 Å². The van der Waals surface area contributed by atoms with Crippen LogP contribution in [0.1, 0.15) is 19.8 Å². The highest BCUT2D eigenvalue weighted by Gasteiger charge is 2.27. The minimum atomic E-state index is -3.55. The molecule has 0 saturated carbocycles. The number of aromatic nitrogens is 1. The molecule has 5 nitrogen and oxygen atoms in total. The molecule has 3 rings (SSSR count). The van der Waals surface area contributed by atoms with E-state index >= 15 is 0 Å². The second-order valence-electron chi connectivity index (χ2n) is 5.44. The Hall–Kier alpha value is -1.50. The van der Waals surface area contributed by atoms with E-state index in [0.717, 1.165) is 19.4 Å². The van der Waals surface area contributed by atoms with Crippen molar-refractivity contribution < 1.29 is 8.42 Å². The van der Waals surface area contributed by atoms with Crippen molar-refractivity contribution in [2.24, 2.45) is 0 Å². The van der Waals surface area contributed by atoms with Gasteiger partial charge < -0.3 is 5.32 Å². The smallest absolute Gasteiger partial charge is 0.241 e. The zero-order valence-electron chi connectivity index (χ0n) is 11.9. The van der Waals surface area contributed by atoms with Gasteiger partial charge in [0.1, 0.15) is 0 Å². The standard InChI is InChI=1S/C15H19N3O2S/c1-11-13(7-4-9-16-11)18-21(19,20)15-8-2-6-14-12(15)5-3-10-17-14/h2-3,5-6,8,10-11,13,16,18H,4,7,9H2,1H3. The number of nitrogens with one attached hydrogen (secondary N) is 2. The van der Waals surface area contributed by atoms with Crippen LogP contribution in [0.2, 0.25) is 0 Å². The molecule has 2 aromatic rings. The van der Waals surface area contributed by atoms with Crippen molar-refractivity contribution in [1.29, 1.82) is 0 Å². The monoisotopic (exact) mass is 305 g/mol. The highest BCUT2D eigenvalue weighted by atomic mass is 32.2. The van der Waals surface area contributed by atoms with E-state index in [1.54, 1.807) is 30.5 Å². The Morgan fingerprint density at radius 1 is 1.29 bits per heavy atom. The summed E-state index contributed by atoms with van der Waals surface area (Å²) in [6.07, 6.45) is 3.50. The van der Waals surface area contributed by atoms with E-state index in [9.17, 15) is 8.42 Å². The van der Waals surface area contributed by atoms with Gasteiger partial charge in [0.15, 0.2) is 0 Å². The molecule has 21 heavy (non-hydrogen) atoms. The molecule has 0 bridgehead atoms. The first-order valence-corrected chi connectivity index (χ1v) is 8.66. The third-order valence-corrected chi connectivity index (χ3v) is 5.51. The highest BCUT2D eigenvalue weighted by molar-refractivity contribution is 7.89. The molecule has 0 radical (unpaired) electrons. The van der Waals surface area contributed by atoms with Crippen LogP contribution in [0.4, 0.5) is 0 Å². The van der Waals surface area contributed by atoms with Crippen LogP contribution < -0.4 is 10.0 Å². The van der Waals surface area contributed by atoms with Crippen molar-refractivity contribution in [3.63, 3.8) is 0 Å². The van der Waals surface area contributed by atoms with Gasteiger partial charge >= 0.3 is 0 Å². The van der Waals surface area contributed by atoms with Gasteiger partial charge in [0.25, 0.3) is 0 Å². The summed E-state index contributed by atoms with van der Waals surface area (Å²) in [7, 11) is -3.55. The molecule has 2 unspecified atom stereocenters. The normalized spacial score (nSPS) is 23.3. The topological polar surface area (TPSA) is 71.1 Å². The van der Waals surface area contributed by atoms with E-state index in [4.69, 9.17) is 0 Å². The van der Waals surface area contributed by atoms with Crippen molar-refractivity contribution in [2.45, 2.75) is 36.7 Å². The van der Waals surface area contributed by atoms with Crippen LogP contribution in [-0.2, 0) is 10.0 Å². The van der Waals surface area contributed by atoms with Gasteiger partial charge in [-0.05, 0) is 50.6 Å². The first-order valence-electron chi connectivity index (χ1n) is 7.17. The number of sulfonamides is 1. The van der Waals surface area contributed by atoms with E-state index in [0.29, 0.717) is 15.8 Å². The van der Waals surface area contributed by atoms with Crippen molar-refractivity contribution in [3.8, 4) is 0 Å². The maximum Gasteiger partial charge on any atom is 0.241 e. The van der Waals surface area contributed by atoms with Gasteiger partial charge in [-0.15, -0.1) is 0 Å². The van der Waals surface area contributed by atoms with E-state index < -0.39 is 10.0 Å². The zero-order chi connectivity index (χ0) is 14.9. The molecule has 1 aromatic heterocycles. The first kappa shape index (κ1) is 14.4. The third kappa shape index (κ3) is 2.92. The first-order chi connectivity index (χ1) is 10.1. The second kappa shape index (κ2) is 5.71. The molecule has 1 saturated heterocycles. The lowest BCUT2D eigenvalue weighted by molar-refractivity contribution is 0.349. The van der Waals surface area contributed by atoms with Crippen LogP contribution in [0.5, 0.6) is 0 Å². The number of nitrogens with zero attached hydrogens (tertiary/aromatic N) is 1. The summed E-state index contributed by atoms with van der Waals surface area (Å²) in [5.41, 5.74) is 0.690. The molecule has 112 valence electrons. The lowest BCUT2D eigenvalue weighted by Gasteiger charge is -2.30. The van der Waals surface area contributed by atoms with Gasteiger partial charge in [-0.1, -0.05) is 6.07 Å². The van der Waals surface area contributed by atoms with Gasteiger partial charge in [0, 0.05) is 23.7 Å². The van der Waals surface area contributed by atoms with Crippen molar-refractivity contribution in [1.82, 2.24) is 15.0 Å². The number of benzene rings is 1. The fourth-order valence-corrected chi connectivity index (χ4v) is 4.34. The summed E-state index contributed by atoms with van der Waals surface area (Å²) in [4.78, 5) is 4.51. The Morgan fingerprint density at radius 2 is 2.14 bits per heavy atom. The maximum absolute atomic E-state index is 12.7. The summed E-state index contributed by atoms with van der Waals surface area (Å²) < 4.78 is 28.2. The molecule has 1 aliphatic heterocycles. The molecule has 1 aromatic carbocycles. The van der Waals surface area contributed by atoms with Crippen molar-refractivity contribution in [3.05, 3.63) is 36.5 Å². The molecular formula is C15H19N3O2S. The number of hydrogen-bond acceptors (Lipinski definition) is 4. The molecule has 0 spiro atoms. The lowest BCUT2D eigenvalue weighted by atomic mass is 10.0. The molecule has 0 aliphatic carbocycles. The van der Waals surface area contributed by atoms with E-state index in [2.05, 4.69) is 15.0 Å². The highest BCUT2D eigenvalue weighted by Crippen LogP contribution is 2.22. The number of pyridine rings is 1. The summed E-state index contributed by atoms with van der Waals surface area (Å²) in [6, 6.07) is 8.79. The summed E-state index contributed by atoms with van der Waals surface area (Å²) in [6.45, 7) is 2.95. The van der Waals surface area contributed by atoms with Crippen LogP contribution in [0, 0.1) is 0 Å². The maximum atomic E-state index is 12.7. The van der Waals surface area contributed by atoms with Crippen molar-refractivity contribution >= 4 is 20.9 Å². The lowest BCUT2D eigenvalue weighted by Crippen LogP contribution is -2.51. The van der Waals surface area contributed by atoms with Gasteiger partial charge in [-0.3, -0.25) is 4.98 Å². The van der Waals surface area contributed by atoms with E-state index in [1.807, 2.05) is 13.0 Å². The largest absolute Gasteiger partial charge is 0.313 e. The molecule has 2 N–H and O–H groups in total. The fraction of sp³-hybridized carbons (Fsp3) is 0.400. The molecule has 0 amide bonds. The number of piperidine rings is 1. The molecular weight excluding hydrogens is 286 g/mol. The summed E-state index contributed by atoms with van der Waals surface area (Å²) in [5, 5.41) is 3.96. The predicted octanol–water partition coefficient (Wildman–Crippen LogP) is 1.65. The molecule has 2 heterocycles. The number of hydrogen-bond donors (Lipinski definition) is 2. The summed E-state index contributed by atoms with van der Waals surface area (Å²) >= 11 is 0. The van der Waals surface area contributed by atoms with Crippen LogP contribution in [0.3, 0.4) is 0 Å². The Bertz CT molecular complexity index is 740. The second-order valence-corrected chi connectivity index (χ2v) is 7.12. The molecule has 1 aliphatic rings. The van der Waals surface area contributed by atoms with Gasteiger partial charge in [0.05, 0.1) is 10.4 Å². The summed E-state index contributed by atoms with van der Waals surface area (Å²) in [5.74, 6) is 0. The minimum Gasteiger partial charge on any atom is -0.313 e. The van der Waals surface area contributed by atoms with Crippen molar-refractivity contribution in [2.75, 3.05) is 6.54 Å². The van der Waals surface area contributed by atoms with Crippen LogP contribution in [-0.4, -0.2) is 32.0 Å². The minimum absolute atomic E-state index is 0.0734. The van der Waals surface area contributed by atoms with Crippen LogP contribution >= 0.6 is 0 Å². The van der Waals surface area contributed by atoms with E-state index in [-0.39, 0.29) is 12.1 Å². The Balaban J connectivity index is 1.97. The van der Waals surface area contributed by atoms with E-state index in [1.165, 1.54) is 0 Å². The molecule has 6 heteroatoms. The van der Waals surface area contributed by atoms with Crippen LogP contribution in [0.25, 0.3) is 10.9 Å². The van der Waals surface area contributed by atoms with Crippen LogP contribution in [0.15, 0.2) is 41.4 Å².